The van der Waals surface area contributed by atoms with Gasteiger partial charge >= 0.3 is 0 Å². The van der Waals surface area contributed by atoms with E-state index in [-0.39, 0.29) is 5.41 Å². The average Bonchev–Trinajstić information content (AvgIpc) is 2.80. The molecule has 0 aliphatic carbocycles. The highest BCUT2D eigenvalue weighted by Gasteiger charge is 2.46. The van der Waals surface area contributed by atoms with Gasteiger partial charge in [0.05, 0.1) is 13.2 Å². The van der Waals surface area contributed by atoms with E-state index in [1.54, 1.807) is 6.20 Å². The van der Waals surface area contributed by atoms with Gasteiger partial charge in [0.25, 0.3) is 0 Å². The van der Waals surface area contributed by atoms with Gasteiger partial charge in [-0.25, -0.2) is 0 Å². The topological polar surface area (TPSA) is 31.4 Å². The van der Waals surface area contributed by atoms with E-state index in [9.17, 15) is 0 Å². The Morgan fingerprint density at radius 2 is 1.39 bits per heavy atom. The lowest BCUT2D eigenvalue weighted by Crippen LogP contribution is -2.48. The summed E-state index contributed by atoms with van der Waals surface area (Å²) in [6.45, 7) is 5.77. The minimum absolute atomic E-state index is 0.0791. The summed E-state index contributed by atoms with van der Waals surface area (Å²) in [6.07, 6.45) is 5.70. The number of nitrogens with zero attached hydrogens (tertiary/aromatic N) is 1. The van der Waals surface area contributed by atoms with Crippen LogP contribution in [0.4, 0.5) is 0 Å². The molecule has 2 aromatic carbocycles. The molecule has 1 aliphatic heterocycles. The molecule has 1 aromatic heterocycles. The zero-order chi connectivity index (χ0) is 19.5. The summed E-state index contributed by atoms with van der Waals surface area (Å²) in [5.41, 5.74) is 4.39. The second-order valence-electron chi connectivity index (χ2n) is 7.59. The van der Waals surface area contributed by atoms with E-state index in [1.165, 1.54) is 11.1 Å². The lowest BCUT2D eigenvalue weighted by atomic mass is 9.82. The third kappa shape index (κ3) is 3.36. The van der Waals surface area contributed by atoms with Crippen molar-refractivity contribution in [1.82, 2.24) is 4.98 Å². The molecule has 0 N–H and O–H groups in total. The van der Waals surface area contributed by atoms with Gasteiger partial charge in [-0.3, -0.25) is 4.98 Å². The second kappa shape index (κ2) is 7.86. The van der Waals surface area contributed by atoms with E-state index in [0.717, 1.165) is 24.0 Å². The van der Waals surface area contributed by atoms with Crippen LogP contribution in [-0.2, 0) is 15.3 Å². The third-order valence-electron chi connectivity index (χ3n) is 6.08. The highest BCUT2D eigenvalue weighted by Crippen LogP contribution is 2.44. The monoisotopic (exact) mass is 373 g/mol. The summed E-state index contributed by atoms with van der Waals surface area (Å²) in [5, 5.41) is 0. The molecule has 4 rings (SSSR count). The smallest absolute Gasteiger partial charge is 0.223 e. The first-order valence-electron chi connectivity index (χ1n) is 10.1. The van der Waals surface area contributed by atoms with Crippen LogP contribution in [0.2, 0.25) is 0 Å². The molecule has 0 atom stereocenters. The van der Waals surface area contributed by atoms with Crippen molar-refractivity contribution >= 4 is 0 Å². The standard InChI is InChI=1S/C25H27NO2/c1-3-24(4-2)18-27-25(28-19-24,23-11-8-16-26-17-23)22-14-12-21(13-15-22)20-9-6-5-7-10-20/h5-17H,3-4,18-19H2,1-2H3. The van der Waals surface area contributed by atoms with Crippen molar-refractivity contribution in [3.8, 4) is 11.1 Å². The molecule has 1 fully saturated rings. The number of benzene rings is 2. The fourth-order valence-electron chi connectivity index (χ4n) is 3.82. The molecule has 0 radical (unpaired) electrons. The molecule has 3 nitrogen and oxygen atoms in total. The van der Waals surface area contributed by atoms with Crippen LogP contribution in [-0.4, -0.2) is 18.2 Å². The molecular weight excluding hydrogens is 346 g/mol. The van der Waals surface area contributed by atoms with Gasteiger partial charge in [-0.1, -0.05) is 74.5 Å². The van der Waals surface area contributed by atoms with E-state index in [0.29, 0.717) is 13.2 Å². The Morgan fingerprint density at radius 3 is 1.96 bits per heavy atom. The van der Waals surface area contributed by atoms with Crippen LogP contribution in [0.15, 0.2) is 79.1 Å². The van der Waals surface area contributed by atoms with E-state index in [1.807, 2.05) is 24.4 Å². The Kier molecular flexibility index (Phi) is 5.29. The van der Waals surface area contributed by atoms with E-state index >= 15 is 0 Å². The van der Waals surface area contributed by atoms with Crippen molar-refractivity contribution in [2.45, 2.75) is 32.5 Å². The van der Waals surface area contributed by atoms with Crippen molar-refractivity contribution < 1.29 is 9.47 Å². The largest absolute Gasteiger partial charge is 0.341 e. The van der Waals surface area contributed by atoms with Gasteiger partial charge in [0.15, 0.2) is 0 Å². The van der Waals surface area contributed by atoms with Gasteiger partial charge in [0, 0.05) is 28.9 Å². The van der Waals surface area contributed by atoms with Gasteiger partial charge in [0.2, 0.25) is 5.79 Å². The first-order valence-corrected chi connectivity index (χ1v) is 10.1. The first kappa shape index (κ1) is 18.9. The van der Waals surface area contributed by atoms with Crippen LogP contribution in [0.5, 0.6) is 0 Å². The molecular formula is C25H27NO2. The maximum Gasteiger partial charge on any atom is 0.223 e. The van der Waals surface area contributed by atoms with E-state index in [2.05, 4.69) is 67.4 Å². The molecule has 28 heavy (non-hydrogen) atoms. The van der Waals surface area contributed by atoms with Crippen LogP contribution < -0.4 is 0 Å². The number of aromatic nitrogens is 1. The minimum atomic E-state index is -0.905. The Bertz CT molecular complexity index is 877. The maximum absolute atomic E-state index is 6.52. The number of ether oxygens (including phenoxy) is 2. The third-order valence-corrected chi connectivity index (χ3v) is 6.08. The summed E-state index contributed by atoms with van der Waals surface area (Å²) in [7, 11) is 0. The van der Waals surface area contributed by atoms with Gasteiger partial charge in [-0.05, 0) is 30.0 Å². The Labute approximate surface area is 167 Å². The zero-order valence-corrected chi connectivity index (χ0v) is 16.6. The molecule has 1 aliphatic rings. The lowest BCUT2D eigenvalue weighted by molar-refractivity contribution is -0.291. The molecule has 3 aromatic rings. The molecule has 0 spiro atoms. The number of hydrogen-bond donors (Lipinski definition) is 0. The highest BCUT2D eigenvalue weighted by atomic mass is 16.7. The predicted molar refractivity (Wildman–Crippen MR) is 112 cm³/mol. The summed E-state index contributed by atoms with van der Waals surface area (Å²) < 4.78 is 13.0. The predicted octanol–water partition coefficient (Wildman–Crippen LogP) is 5.80. The normalized spacial score (nSPS) is 17.9. The molecule has 0 bridgehead atoms. The van der Waals surface area contributed by atoms with Crippen molar-refractivity contribution in [3.63, 3.8) is 0 Å². The van der Waals surface area contributed by atoms with Gasteiger partial charge < -0.3 is 9.47 Å². The fourth-order valence-corrected chi connectivity index (χ4v) is 3.82. The van der Waals surface area contributed by atoms with E-state index < -0.39 is 5.79 Å². The molecule has 0 unspecified atom stereocenters. The van der Waals surface area contributed by atoms with E-state index in [4.69, 9.17) is 9.47 Å². The SMILES string of the molecule is CCC1(CC)COC(c2ccc(-c3ccccc3)cc2)(c2cccnc2)OC1. The number of rotatable bonds is 5. The molecule has 1 saturated heterocycles. The van der Waals surface area contributed by atoms with Crippen LogP contribution in [0.25, 0.3) is 11.1 Å². The number of pyridine rings is 1. The Hall–Kier alpha value is -2.49. The van der Waals surface area contributed by atoms with Gasteiger partial charge in [-0.15, -0.1) is 0 Å². The van der Waals surface area contributed by atoms with Crippen molar-refractivity contribution in [2.75, 3.05) is 13.2 Å². The molecule has 2 heterocycles. The summed E-state index contributed by atoms with van der Waals surface area (Å²) in [4.78, 5) is 4.31. The molecule has 0 saturated carbocycles. The summed E-state index contributed by atoms with van der Waals surface area (Å²) >= 11 is 0. The first-order chi connectivity index (χ1) is 13.7. The van der Waals surface area contributed by atoms with Crippen LogP contribution in [0.3, 0.4) is 0 Å². The molecule has 0 amide bonds. The zero-order valence-electron chi connectivity index (χ0n) is 16.6. The average molecular weight is 373 g/mol. The summed E-state index contributed by atoms with van der Waals surface area (Å²) in [6, 6.07) is 22.9. The van der Waals surface area contributed by atoms with Crippen molar-refractivity contribution in [2.24, 2.45) is 5.41 Å². The minimum Gasteiger partial charge on any atom is -0.341 e. The number of hydrogen-bond acceptors (Lipinski definition) is 3. The van der Waals surface area contributed by atoms with Crippen LogP contribution >= 0.6 is 0 Å². The lowest BCUT2D eigenvalue weighted by Gasteiger charge is -2.46. The van der Waals surface area contributed by atoms with Crippen LogP contribution in [0, 0.1) is 5.41 Å². The van der Waals surface area contributed by atoms with Crippen molar-refractivity contribution in [1.29, 1.82) is 0 Å². The van der Waals surface area contributed by atoms with Crippen molar-refractivity contribution in [3.05, 3.63) is 90.3 Å². The second-order valence-corrected chi connectivity index (χ2v) is 7.59. The van der Waals surface area contributed by atoms with Gasteiger partial charge in [0.1, 0.15) is 0 Å². The highest BCUT2D eigenvalue weighted by molar-refractivity contribution is 5.63. The Balaban J connectivity index is 1.71. The quantitative estimate of drug-likeness (QED) is 0.566. The Morgan fingerprint density at radius 1 is 0.750 bits per heavy atom. The maximum atomic E-state index is 6.52. The van der Waals surface area contributed by atoms with Crippen LogP contribution in [0.1, 0.15) is 37.8 Å². The van der Waals surface area contributed by atoms with Gasteiger partial charge in [-0.2, -0.15) is 0 Å². The summed E-state index contributed by atoms with van der Waals surface area (Å²) in [5.74, 6) is -0.905. The molecule has 3 heteroatoms. The molecule has 144 valence electrons. The fraction of sp³-hybridized carbons (Fsp3) is 0.320.